The molecule has 0 radical (unpaired) electrons. The Morgan fingerprint density at radius 3 is 2.20 bits per heavy atom. The van der Waals surface area contributed by atoms with Gasteiger partial charge in [-0.05, 0) is 51.3 Å². The molecule has 0 aromatic heterocycles. The van der Waals surface area contributed by atoms with Gasteiger partial charge in [-0.15, -0.1) is 0 Å². The molecule has 0 aliphatic carbocycles. The lowest BCUT2D eigenvalue weighted by Crippen LogP contribution is -2.48. The first-order valence-electron chi connectivity index (χ1n) is 11.3. The Balaban J connectivity index is 1.76. The largest absolute Gasteiger partial charge is 0.350 e. The molecule has 3 aromatic rings. The minimum atomic E-state index is -1.76. The van der Waals surface area contributed by atoms with Gasteiger partial charge >= 0.3 is 0 Å². The van der Waals surface area contributed by atoms with Gasteiger partial charge in [0.15, 0.2) is 0 Å². The number of nitrogens with one attached hydrogen (secondary N) is 2. The van der Waals surface area contributed by atoms with E-state index in [9.17, 15) is 18.6 Å². The highest BCUT2D eigenvalue weighted by Gasteiger charge is 2.25. The van der Waals surface area contributed by atoms with Gasteiger partial charge in [0.2, 0.25) is 17.7 Å². The molecule has 3 amide bonds. The molecule has 0 spiro atoms. The number of hydrogen-bond donors (Lipinski definition) is 2. The van der Waals surface area contributed by atoms with E-state index in [2.05, 4.69) is 10.6 Å². The van der Waals surface area contributed by atoms with Crippen LogP contribution in [0.2, 0.25) is 0 Å². The van der Waals surface area contributed by atoms with Crippen LogP contribution in [0.4, 0.5) is 11.4 Å². The average molecular weight is 494 g/mol. The van der Waals surface area contributed by atoms with Crippen LogP contribution in [0.15, 0.2) is 66.7 Å². The first-order valence-corrected chi connectivity index (χ1v) is 12.8. The molecule has 0 saturated heterocycles. The Hall–Kier alpha value is -3.52. The maximum absolute atomic E-state index is 13.3. The molecule has 8 heteroatoms. The van der Waals surface area contributed by atoms with Gasteiger partial charge < -0.3 is 15.5 Å². The molecule has 184 valence electrons. The molecule has 2 N–H and O–H groups in total. The van der Waals surface area contributed by atoms with Crippen LogP contribution in [0, 0.1) is 6.92 Å². The number of rotatable bonds is 8. The quantitative estimate of drug-likeness (QED) is 0.499. The summed E-state index contributed by atoms with van der Waals surface area (Å²) >= 11 is 0. The smallest absolute Gasteiger partial charge is 0.240 e. The van der Waals surface area contributed by atoms with Crippen molar-refractivity contribution in [1.29, 1.82) is 0 Å². The van der Waals surface area contributed by atoms with Crippen molar-refractivity contribution in [2.45, 2.75) is 33.2 Å². The highest BCUT2D eigenvalue weighted by atomic mass is 32.2. The lowest BCUT2D eigenvalue weighted by atomic mass is 10.1. The first kappa shape index (κ1) is 26.1. The van der Waals surface area contributed by atoms with Crippen molar-refractivity contribution in [2.24, 2.45) is 0 Å². The lowest BCUT2D eigenvalue weighted by molar-refractivity contribution is -0.124. The standard InChI is InChI=1S/C27H31N3O4S/c1-19-12-14-21(15-13-19)28-25(32)17-35(34)18-26(33)30(16-24(31)29-27(2,3)4)23-11-7-9-20-8-5-6-10-22(20)23/h5-15H,16-18H2,1-4H3,(H,28,32)(H,29,31). The molecule has 35 heavy (non-hydrogen) atoms. The first-order chi connectivity index (χ1) is 16.5. The van der Waals surface area contributed by atoms with Crippen molar-refractivity contribution in [2.75, 3.05) is 28.3 Å². The number of amides is 3. The Morgan fingerprint density at radius 2 is 1.51 bits per heavy atom. The monoisotopic (exact) mass is 493 g/mol. The zero-order valence-corrected chi connectivity index (χ0v) is 21.3. The van der Waals surface area contributed by atoms with Gasteiger partial charge in [0.05, 0.1) is 5.69 Å². The van der Waals surface area contributed by atoms with E-state index in [1.165, 1.54) is 4.90 Å². The summed E-state index contributed by atoms with van der Waals surface area (Å²) in [4.78, 5) is 39.7. The van der Waals surface area contributed by atoms with Crippen LogP contribution >= 0.6 is 0 Å². The van der Waals surface area contributed by atoms with E-state index in [1.54, 1.807) is 18.2 Å². The zero-order valence-electron chi connectivity index (χ0n) is 20.5. The van der Waals surface area contributed by atoms with Crippen molar-refractivity contribution < 1.29 is 18.6 Å². The third-order valence-electron chi connectivity index (χ3n) is 5.09. The van der Waals surface area contributed by atoms with E-state index >= 15 is 0 Å². The molecule has 0 fully saturated rings. The normalized spacial score (nSPS) is 12.1. The summed E-state index contributed by atoms with van der Waals surface area (Å²) in [7, 11) is -1.76. The Bertz CT molecular complexity index is 1240. The molecule has 7 nitrogen and oxygen atoms in total. The summed E-state index contributed by atoms with van der Waals surface area (Å²) in [5.74, 6) is -1.97. The zero-order chi connectivity index (χ0) is 25.6. The molecule has 3 aromatic carbocycles. The van der Waals surface area contributed by atoms with Crippen LogP contribution < -0.4 is 15.5 Å². The van der Waals surface area contributed by atoms with Crippen LogP contribution in [0.5, 0.6) is 0 Å². The van der Waals surface area contributed by atoms with E-state index in [-0.39, 0.29) is 24.0 Å². The van der Waals surface area contributed by atoms with Crippen molar-refractivity contribution in [1.82, 2.24) is 5.32 Å². The Morgan fingerprint density at radius 1 is 0.857 bits per heavy atom. The fourth-order valence-electron chi connectivity index (χ4n) is 3.60. The number of fused-ring (bicyclic) bond motifs is 1. The predicted octanol–water partition coefficient (Wildman–Crippen LogP) is 3.78. The molecular weight excluding hydrogens is 462 g/mol. The second-order valence-corrected chi connectivity index (χ2v) is 10.9. The second kappa shape index (κ2) is 11.3. The van der Waals surface area contributed by atoms with E-state index in [4.69, 9.17) is 0 Å². The highest BCUT2D eigenvalue weighted by molar-refractivity contribution is 7.86. The summed E-state index contributed by atoms with van der Waals surface area (Å²) in [6.45, 7) is 7.29. The van der Waals surface area contributed by atoms with Crippen molar-refractivity contribution in [3.8, 4) is 0 Å². The van der Waals surface area contributed by atoms with E-state index in [1.807, 2.05) is 76.2 Å². The van der Waals surface area contributed by atoms with E-state index in [0.717, 1.165) is 16.3 Å². The molecule has 0 bridgehead atoms. The van der Waals surface area contributed by atoms with Crippen LogP contribution in [0.1, 0.15) is 26.3 Å². The van der Waals surface area contributed by atoms with Crippen molar-refractivity contribution in [3.63, 3.8) is 0 Å². The maximum Gasteiger partial charge on any atom is 0.240 e. The summed E-state index contributed by atoms with van der Waals surface area (Å²) in [6.07, 6.45) is 0. The molecule has 0 heterocycles. The number of hydrogen-bond acceptors (Lipinski definition) is 4. The minimum absolute atomic E-state index is 0.225. The molecule has 1 atom stereocenters. The van der Waals surface area contributed by atoms with Gasteiger partial charge in [-0.25, -0.2) is 0 Å². The number of carbonyl (C=O) groups excluding carboxylic acids is 3. The molecular formula is C27H31N3O4S. The fraction of sp³-hybridized carbons (Fsp3) is 0.296. The van der Waals surface area contributed by atoms with Crippen LogP contribution in [0.25, 0.3) is 10.8 Å². The summed E-state index contributed by atoms with van der Waals surface area (Å²) in [5, 5.41) is 7.28. The van der Waals surface area contributed by atoms with E-state index < -0.39 is 28.2 Å². The van der Waals surface area contributed by atoms with Crippen LogP contribution in [-0.4, -0.2) is 45.5 Å². The van der Waals surface area contributed by atoms with Gasteiger partial charge in [-0.1, -0.05) is 54.1 Å². The molecule has 0 aliphatic heterocycles. The molecule has 1 unspecified atom stereocenters. The minimum Gasteiger partial charge on any atom is -0.350 e. The molecule has 0 saturated carbocycles. The van der Waals surface area contributed by atoms with Gasteiger partial charge in [0, 0.05) is 27.4 Å². The molecule has 0 aliphatic rings. The van der Waals surface area contributed by atoms with Crippen LogP contribution in [-0.2, 0) is 25.2 Å². The third-order valence-corrected chi connectivity index (χ3v) is 6.24. The van der Waals surface area contributed by atoms with Crippen LogP contribution in [0.3, 0.4) is 0 Å². The van der Waals surface area contributed by atoms with Gasteiger partial charge in [0.25, 0.3) is 0 Å². The number of carbonyl (C=O) groups is 3. The van der Waals surface area contributed by atoms with Crippen molar-refractivity contribution in [3.05, 3.63) is 72.3 Å². The van der Waals surface area contributed by atoms with Gasteiger partial charge in [-0.3, -0.25) is 18.6 Å². The highest BCUT2D eigenvalue weighted by Crippen LogP contribution is 2.27. The Kier molecular flexibility index (Phi) is 8.40. The Labute approximate surface area is 208 Å². The lowest BCUT2D eigenvalue weighted by Gasteiger charge is -2.27. The topological polar surface area (TPSA) is 95.6 Å². The predicted molar refractivity (Wildman–Crippen MR) is 142 cm³/mol. The maximum atomic E-state index is 13.3. The number of aryl methyl sites for hydroxylation is 1. The summed E-state index contributed by atoms with van der Waals surface area (Å²) < 4.78 is 12.7. The summed E-state index contributed by atoms with van der Waals surface area (Å²) in [5.41, 5.74) is 1.74. The van der Waals surface area contributed by atoms with Crippen molar-refractivity contribution >= 4 is 50.7 Å². The van der Waals surface area contributed by atoms with Gasteiger partial charge in [0.1, 0.15) is 18.1 Å². The number of nitrogens with zero attached hydrogens (tertiary/aromatic N) is 1. The van der Waals surface area contributed by atoms with Gasteiger partial charge in [-0.2, -0.15) is 0 Å². The number of anilines is 2. The van der Waals surface area contributed by atoms with E-state index in [0.29, 0.717) is 11.4 Å². The summed E-state index contributed by atoms with van der Waals surface area (Å²) in [6, 6.07) is 20.3. The average Bonchev–Trinajstić information content (AvgIpc) is 2.77. The molecule has 3 rings (SSSR count). The number of benzene rings is 3. The second-order valence-electron chi connectivity index (χ2n) is 9.42. The fourth-order valence-corrected chi connectivity index (χ4v) is 4.50. The third kappa shape index (κ3) is 7.75. The SMILES string of the molecule is Cc1ccc(NC(=O)CS(=O)CC(=O)N(CC(=O)NC(C)(C)C)c2cccc3ccccc23)cc1.